The molecule has 3 aromatic rings. The molecule has 1 aromatic heterocycles. The van der Waals surface area contributed by atoms with E-state index in [4.69, 9.17) is 9.72 Å². The molecule has 0 bridgehead atoms. The quantitative estimate of drug-likeness (QED) is 0.529. The molecule has 0 saturated carbocycles. The summed E-state index contributed by atoms with van der Waals surface area (Å²) in [5.74, 6) is 0.503. The van der Waals surface area contributed by atoms with Gasteiger partial charge in [0.25, 0.3) is 5.91 Å². The van der Waals surface area contributed by atoms with E-state index in [0.717, 1.165) is 28.3 Å². The summed E-state index contributed by atoms with van der Waals surface area (Å²) in [5.41, 5.74) is 3.87. The van der Waals surface area contributed by atoms with Gasteiger partial charge in [0.15, 0.2) is 5.13 Å². The highest BCUT2D eigenvalue weighted by atomic mass is 35.5. The summed E-state index contributed by atoms with van der Waals surface area (Å²) in [6.07, 6.45) is 0.863. The van der Waals surface area contributed by atoms with Crippen LogP contribution < -0.4 is 9.64 Å². The molecule has 1 heterocycles. The predicted octanol–water partition coefficient (Wildman–Crippen LogP) is 4.94. The van der Waals surface area contributed by atoms with Crippen LogP contribution in [-0.2, 0) is 0 Å². The van der Waals surface area contributed by atoms with Gasteiger partial charge >= 0.3 is 0 Å². The van der Waals surface area contributed by atoms with E-state index in [1.165, 1.54) is 11.1 Å². The molecule has 0 atom stereocenters. The van der Waals surface area contributed by atoms with Crippen LogP contribution >= 0.6 is 23.7 Å². The molecule has 0 aliphatic carbocycles. The highest BCUT2D eigenvalue weighted by Crippen LogP contribution is 2.33. The largest absolute Gasteiger partial charge is 0.496 e. The standard InChI is InChI=1S/C22H27N3O2S.ClH/c1-15-13-16(2)20-18(14-15)23-22(28-20)25(12-8-11-24(3)4)21(26)17-9-6-7-10-19(17)27-5;/h6-7,9-10,13-14H,8,11-12H2,1-5H3;1H. The molecule has 2 aromatic carbocycles. The molecule has 0 radical (unpaired) electrons. The molecule has 3 rings (SSSR count). The number of carbonyl (C=O) groups is 1. The number of aryl methyl sites for hydroxylation is 2. The predicted molar refractivity (Wildman–Crippen MR) is 124 cm³/mol. The summed E-state index contributed by atoms with van der Waals surface area (Å²) in [5, 5.41) is 0.735. The van der Waals surface area contributed by atoms with Crippen molar-refractivity contribution in [2.24, 2.45) is 0 Å². The zero-order valence-corrected chi connectivity index (χ0v) is 19.2. The first kappa shape index (κ1) is 23.1. The first-order valence-corrected chi connectivity index (χ1v) is 10.2. The van der Waals surface area contributed by atoms with Crippen LogP contribution in [0.1, 0.15) is 27.9 Å². The summed E-state index contributed by atoms with van der Waals surface area (Å²) in [7, 11) is 5.67. The number of nitrogens with zero attached hydrogens (tertiary/aromatic N) is 3. The summed E-state index contributed by atoms with van der Waals surface area (Å²) in [4.78, 5) is 22.1. The third-order valence-corrected chi connectivity index (χ3v) is 5.84. The number of para-hydroxylation sites is 1. The van der Waals surface area contributed by atoms with E-state index >= 15 is 0 Å². The van der Waals surface area contributed by atoms with Crippen LogP contribution in [0.3, 0.4) is 0 Å². The number of amides is 1. The molecule has 0 unspecified atom stereocenters. The SMILES string of the molecule is COc1ccccc1C(=O)N(CCCN(C)C)c1nc2cc(C)cc(C)c2s1.Cl. The molecule has 0 aliphatic heterocycles. The van der Waals surface area contributed by atoms with Gasteiger partial charge in [-0.1, -0.05) is 29.5 Å². The van der Waals surface area contributed by atoms with E-state index in [-0.39, 0.29) is 18.3 Å². The molecule has 1 amide bonds. The highest BCUT2D eigenvalue weighted by molar-refractivity contribution is 7.22. The van der Waals surface area contributed by atoms with E-state index in [2.05, 4.69) is 30.9 Å². The van der Waals surface area contributed by atoms with Gasteiger partial charge < -0.3 is 9.64 Å². The van der Waals surface area contributed by atoms with Crippen molar-refractivity contribution in [3.05, 3.63) is 53.1 Å². The van der Waals surface area contributed by atoms with Crippen molar-refractivity contribution in [3.8, 4) is 5.75 Å². The molecule has 0 N–H and O–H groups in total. The highest BCUT2D eigenvalue weighted by Gasteiger charge is 2.24. The monoisotopic (exact) mass is 433 g/mol. The van der Waals surface area contributed by atoms with E-state index < -0.39 is 0 Å². The molecular weight excluding hydrogens is 406 g/mol. The molecule has 0 spiro atoms. The van der Waals surface area contributed by atoms with Gasteiger partial charge in [-0.05, 0) is 70.2 Å². The Hall–Kier alpha value is -2.15. The Morgan fingerprint density at radius 1 is 1.14 bits per heavy atom. The van der Waals surface area contributed by atoms with Gasteiger partial charge in [0.2, 0.25) is 0 Å². The van der Waals surface area contributed by atoms with E-state index in [1.807, 2.05) is 38.4 Å². The van der Waals surface area contributed by atoms with Crippen molar-refractivity contribution in [1.82, 2.24) is 9.88 Å². The van der Waals surface area contributed by atoms with Crippen LogP contribution in [0.5, 0.6) is 5.75 Å². The van der Waals surface area contributed by atoms with Gasteiger partial charge in [-0.3, -0.25) is 9.69 Å². The number of rotatable bonds is 7. The van der Waals surface area contributed by atoms with Crippen LogP contribution in [0, 0.1) is 13.8 Å². The van der Waals surface area contributed by atoms with Crippen LogP contribution in [0.15, 0.2) is 36.4 Å². The summed E-state index contributed by atoms with van der Waals surface area (Å²) in [6, 6.07) is 11.6. The maximum Gasteiger partial charge on any atom is 0.263 e. The molecule has 0 saturated heterocycles. The number of carbonyl (C=O) groups excluding carboxylic acids is 1. The van der Waals surface area contributed by atoms with Crippen LogP contribution in [0.4, 0.5) is 5.13 Å². The topological polar surface area (TPSA) is 45.7 Å². The fraction of sp³-hybridized carbons (Fsp3) is 0.364. The van der Waals surface area contributed by atoms with Crippen LogP contribution in [-0.4, -0.2) is 50.1 Å². The number of benzene rings is 2. The Morgan fingerprint density at radius 3 is 2.55 bits per heavy atom. The van der Waals surface area contributed by atoms with E-state index in [1.54, 1.807) is 23.3 Å². The fourth-order valence-corrected chi connectivity index (χ4v) is 4.32. The zero-order chi connectivity index (χ0) is 20.3. The van der Waals surface area contributed by atoms with Gasteiger partial charge in [0.05, 0.1) is 22.9 Å². The number of halogens is 1. The van der Waals surface area contributed by atoms with Crippen molar-refractivity contribution >= 4 is 45.0 Å². The molecule has 29 heavy (non-hydrogen) atoms. The van der Waals surface area contributed by atoms with E-state index in [9.17, 15) is 4.79 Å². The summed E-state index contributed by atoms with van der Waals surface area (Å²) in [6.45, 7) is 5.67. The zero-order valence-electron chi connectivity index (χ0n) is 17.6. The lowest BCUT2D eigenvalue weighted by Gasteiger charge is -2.22. The van der Waals surface area contributed by atoms with E-state index in [0.29, 0.717) is 17.9 Å². The second kappa shape index (κ2) is 10.1. The van der Waals surface area contributed by atoms with Crippen molar-refractivity contribution in [2.45, 2.75) is 20.3 Å². The summed E-state index contributed by atoms with van der Waals surface area (Å²) >= 11 is 1.58. The maximum absolute atomic E-state index is 13.4. The molecular formula is C22H28ClN3O2S. The fourth-order valence-electron chi connectivity index (χ4n) is 3.28. The Morgan fingerprint density at radius 2 is 1.86 bits per heavy atom. The smallest absolute Gasteiger partial charge is 0.263 e. The summed E-state index contributed by atoms with van der Waals surface area (Å²) < 4.78 is 6.55. The Kier molecular flexibility index (Phi) is 8.02. The number of hydrogen-bond donors (Lipinski definition) is 0. The average molecular weight is 434 g/mol. The van der Waals surface area contributed by atoms with Gasteiger partial charge in [-0.25, -0.2) is 4.98 Å². The normalized spacial score (nSPS) is 10.8. The molecule has 7 heteroatoms. The minimum atomic E-state index is -0.0790. The average Bonchev–Trinajstić information content (AvgIpc) is 3.08. The lowest BCUT2D eigenvalue weighted by atomic mass is 10.1. The number of fused-ring (bicyclic) bond motifs is 1. The Bertz CT molecular complexity index is 987. The third kappa shape index (κ3) is 5.26. The second-order valence-corrected chi connectivity index (χ2v) is 8.22. The first-order valence-electron chi connectivity index (χ1n) is 9.38. The Balaban J connectivity index is 0.00000300. The maximum atomic E-state index is 13.4. The third-order valence-electron chi connectivity index (χ3n) is 4.61. The number of thiazole rings is 1. The number of aromatic nitrogens is 1. The lowest BCUT2D eigenvalue weighted by molar-refractivity contribution is 0.0983. The Labute approximate surface area is 182 Å². The van der Waals surface area contributed by atoms with Crippen molar-refractivity contribution in [1.29, 1.82) is 0 Å². The van der Waals surface area contributed by atoms with Gasteiger partial charge in [-0.15, -0.1) is 12.4 Å². The van der Waals surface area contributed by atoms with Crippen LogP contribution in [0.25, 0.3) is 10.2 Å². The number of methoxy groups -OCH3 is 1. The first-order chi connectivity index (χ1) is 13.4. The van der Waals surface area contributed by atoms with Gasteiger partial charge in [0.1, 0.15) is 5.75 Å². The number of ether oxygens (including phenoxy) is 1. The molecule has 5 nitrogen and oxygen atoms in total. The minimum Gasteiger partial charge on any atom is -0.496 e. The second-order valence-electron chi connectivity index (χ2n) is 7.24. The van der Waals surface area contributed by atoms with Crippen LogP contribution in [0.2, 0.25) is 0 Å². The minimum absolute atomic E-state index is 0. The lowest BCUT2D eigenvalue weighted by Crippen LogP contribution is -2.33. The van der Waals surface area contributed by atoms with Crippen molar-refractivity contribution < 1.29 is 9.53 Å². The van der Waals surface area contributed by atoms with Crippen molar-refractivity contribution in [2.75, 3.05) is 39.2 Å². The number of hydrogen-bond acceptors (Lipinski definition) is 5. The molecule has 0 aliphatic rings. The van der Waals surface area contributed by atoms with Crippen molar-refractivity contribution in [3.63, 3.8) is 0 Å². The molecule has 0 fully saturated rings. The number of anilines is 1. The van der Waals surface area contributed by atoms with Gasteiger partial charge in [-0.2, -0.15) is 0 Å². The van der Waals surface area contributed by atoms with Gasteiger partial charge in [0, 0.05) is 6.54 Å². The molecule has 156 valence electrons.